The molecule has 0 spiro atoms. The van der Waals surface area contributed by atoms with E-state index in [-0.39, 0.29) is 0 Å². The lowest BCUT2D eigenvalue weighted by Crippen LogP contribution is -2.03. The van der Waals surface area contributed by atoms with E-state index in [1.165, 1.54) is 107 Å². The van der Waals surface area contributed by atoms with Crippen LogP contribution in [0.25, 0.3) is 102 Å². The van der Waals surface area contributed by atoms with Gasteiger partial charge in [0, 0.05) is 79.1 Å². The van der Waals surface area contributed by atoms with E-state index >= 15 is 0 Å². The maximum atomic E-state index is 2.54. The molecule has 4 heteroatoms. The number of fused-ring (bicyclic) bond motifs is 12. The molecule has 12 rings (SSSR count). The van der Waals surface area contributed by atoms with Crippen LogP contribution in [0.5, 0.6) is 0 Å². The zero-order valence-corrected chi connectivity index (χ0v) is 29.8. The van der Waals surface area contributed by atoms with Crippen molar-refractivity contribution in [1.29, 1.82) is 0 Å². The highest BCUT2D eigenvalue weighted by Crippen LogP contribution is 2.43. The maximum Gasteiger partial charge on any atom is 0.0548 e. The first-order chi connectivity index (χ1) is 25.8. The summed E-state index contributed by atoms with van der Waals surface area (Å²) in [5.74, 6) is 0. The van der Waals surface area contributed by atoms with Gasteiger partial charge < -0.3 is 9.13 Å². The summed E-state index contributed by atoms with van der Waals surface area (Å²) in [6.45, 7) is 0. The van der Waals surface area contributed by atoms with Gasteiger partial charge in [-0.2, -0.15) is 0 Å². The Morgan fingerprint density at radius 2 is 0.981 bits per heavy atom. The molecular weight excluding hydrogens is 669 g/mol. The fourth-order valence-corrected chi connectivity index (χ4v) is 11.1. The molecule has 244 valence electrons. The van der Waals surface area contributed by atoms with E-state index in [1.54, 1.807) is 0 Å². The summed E-state index contributed by atoms with van der Waals surface area (Å²) in [4.78, 5) is 0. The van der Waals surface area contributed by atoms with E-state index < -0.39 is 0 Å². The van der Waals surface area contributed by atoms with Crippen LogP contribution in [0.15, 0.2) is 152 Å². The van der Waals surface area contributed by atoms with Gasteiger partial charge in [0.15, 0.2) is 0 Å². The summed E-state index contributed by atoms with van der Waals surface area (Å²) in [6.07, 6.45) is 6.79. The summed E-state index contributed by atoms with van der Waals surface area (Å²) in [5, 5.41) is 9.27. The smallest absolute Gasteiger partial charge is 0.0548 e. The molecule has 4 heterocycles. The number of thiophene rings is 2. The lowest BCUT2D eigenvalue weighted by molar-refractivity contribution is 0.889. The molecule has 0 saturated carbocycles. The zero-order valence-electron chi connectivity index (χ0n) is 28.1. The Morgan fingerprint density at radius 3 is 1.67 bits per heavy atom. The fraction of sp³-hybridized carbons (Fsp3) is 0.0417. The summed E-state index contributed by atoms with van der Waals surface area (Å²) >= 11 is 3.79. The van der Waals surface area contributed by atoms with Gasteiger partial charge in [-0.1, -0.05) is 91.0 Å². The summed E-state index contributed by atoms with van der Waals surface area (Å²) < 4.78 is 10.4. The van der Waals surface area contributed by atoms with Gasteiger partial charge in [-0.05, 0) is 90.7 Å². The van der Waals surface area contributed by atoms with Crippen LogP contribution in [0.1, 0.15) is 17.7 Å². The van der Waals surface area contributed by atoms with Crippen LogP contribution < -0.4 is 0 Å². The molecule has 0 amide bonds. The molecule has 4 aromatic heterocycles. The van der Waals surface area contributed by atoms with Crippen molar-refractivity contribution >= 4 is 102 Å². The molecule has 0 N–H and O–H groups in total. The lowest BCUT2D eigenvalue weighted by Gasteiger charge is -2.15. The van der Waals surface area contributed by atoms with Crippen LogP contribution in [-0.4, -0.2) is 9.13 Å². The topological polar surface area (TPSA) is 9.86 Å². The van der Waals surface area contributed by atoms with Gasteiger partial charge in [-0.15, -0.1) is 22.7 Å². The lowest BCUT2D eigenvalue weighted by atomic mass is 10.0. The molecule has 2 nitrogen and oxygen atoms in total. The van der Waals surface area contributed by atoms with Crippen molar-refractivity contribution in [2.45, 2.75) is 12.8 Å². The van der Waals surface area contributed by atoms with Gasteiger partial charge in [-0.25, -0.2) is 0 Å². The van der Waals surface area contributed by atoms with E-state index in [9.17, 15) is 0 Å². The molecule has 1 aliphatic carbocycles. The Labute approximate surface area is 307 Å². The van der Waals surface area contributed by atoms with E-state index in [1.807, 2.05) is 22.7 Å². The van der Waals surface area contributed by atoms with Crippen LogP contribution in [-0.2, 0) is 6.42 Å². The number of benzene rings is 7. The maximum absolute atomic E-state index is 2.54. The predicted molar refractivity (Wildman–Crippen MR) is 226 cm³/mol. The van der Waals surface area contributed by atoms with Crippen molar-refractivity contribution in [3.05, 3.63) is 163 Å². The minimum atomic E-state index is 1.04. The molecule has 52 heavy (non-hydrogen) atoms. The third kappa shape index (κ3) is 4.05. The second-order valence-electron chi connectivity index (χ2n) is 14.0. The van der Waals surface area contributed by atoms with Crippen LogP contribution in [0.3, 0.4) is 0 Å². The van der Waals surface area contributed by atoms with E-state index in [0.717, 1.165) is 12.8 Å². The molecule has 0 unspecified atom stereocenters. The molecular formula is C48H30N2S2. The van der Waals surface area contributed by atoms with Gasteiger partial charge in [-0.3, -0.25) is 0 Å². The first kappa shape index (κ1) is 28.7. The van der Waals surface area contributed by atoms with E-state index in [2.05, 4.69) is 167 Å². The van der Waals surface area contributed by atoms with Crippen molar-refractivity contribution in [1.82, 2.24) is 9.13 Å². The molecule has 0 saturated heterocycles. The first-order valence-corrected chi connectivity index (χ1v) is 19.6. The Bertz CT molecular complexity index is 3310. The second kappa shape index (κ2) is 10.8. The quantitative estimate of drug-likeness (QED) is 0.174. The predicted octanol–water partition coefficient (Wildman–Crippen LogP) is 14.1. The number of nitrogens with zero attached hydrogens (tertiary/aromatic N) is 2. The summed E-state index contributed by atoms with van der Waals surface area (Å²) in [6, 6.07) is 54.4. The van der Waals surface area contributed by atoms with Crippen molar-refractivity contribution in [3.8, 4) is 22.5 Å². The number of rotatable bonds is 3. The largest absolute Gasteiger partial charge is 0.313 e. The van der Waals surface area contributed by atoms with Crippen molar-refractivity contribution in [2.24, 2.45) is 0 Å². The summed E-state index contributed by atoms with van der Waals surface area (Å²) in [5.41, 5.74) is 11.4. The van der Waals surface area contributed by atoms with Crippen LogP contribution in [0.4, 0.5) is 0 Å². The van der Waals surface area contributed by atoms with Crippen LogP contribution in [0, 0.1) is 0 Å². The molecule has 1 aliphatic rings. The third-order valence-corrected chi connectivity index (χ3v) is 13.4. The average Bonchev–Trinajstić information content (AvgIpc) is 3.93. The van der Waals surface area contributed by atoms with Gasteiger partial charge >= 0.3 is 0 Å². The van der Waals surface area contributed by atoms with Crippen LogP contribution >= 0.6 is 22.7 Å². The Morgan fingerprint density at radius 1 is 0.404 bits per heavy atom. The van der Waals surface area contributed by atoms with Gasteiger partial charge in [0.25, 0.3) is 0 Å². The highest BCUT2D eigenvalue weighted by molar-refractivity contribution is 7.26. The first-order valence-electron chi connectivity index (χ1n) is 18.0. The number of aromatic nitrogens is 2. The number of hydrogen-bond acceptors (Lipinski definition) is 2. The standard InChI is InChI=1S/C48H30N2S2/c1-5-19-41-33(15-1)37-27-47-39(35-17-3-7-21-45(35)51-47)25-43(37)49(41)31-13-9-11-29(23-31)30-12-10-14-32(24-30)50-42-20-6-2-16-34(42)38-28-48-40(26-44(38)50)36-18-4-8-22-46(36)52-48/h1-5,7-19,21-28H,6,20H2. The molecule has 7 aromatic carbocycles. The zero-order chi connectivity index (χ0) is 33.9. The number of hydrogen-bond donors (Lipinski definition) is 0. The minimum Gasteiger partial charge on any atom is -0.313 e. The van der Waals surface area contributed by atoms with Crippen molar-refractivity contribution in [2.75, 3.05) is 0 Å². The SMILES string of the molecule is C1=Cc2c(n(-c3cccc(-c4cccc(-n5c6ccccc6c6cc7sc8ccccc8c7cc65)c4)c3)c3cc4c(cc23)sc2ccccc24)CC1. The summed E-state index contributed by atoms with van der Waals surface area (Å²) in [7, 11) is 0. The Hall–Kier alpha value is -5.94. The Kier molecular flexibility index (Phi) is 5.96. The molecule has 0 aliphatic heterocycles. The van der Waals surface area contributed by atoms with Crippen molar-refractivity contribution < 1.29 is 0 Å². The number of para-hydroxylation sites is 1. The molecule has 11 aromatic rings. The average molecular weight is 699 g/mol. The normalized spacial score (nSPS) is 13.2. The monoisotopic (exact) mass is 698 g/mol. The molecule has 0 atom stereocenters. The minimum absolute atomic E-state index is 1.04. The van der Waals surface area contributed by atoms with Crippen molar-refractivity contribution in [3.63, 3.8) is 0 Å². The molecule has 0 fully saturated rings. The van der Waals surface area contributed by atoms with Gasteiger partial charge in [0.05, 0.1) is 16.6 Å². The highest BCUT2D eigenvalue weighted by Gasteiger charge is 2.21. The second-order valence-corrected chi connectivity index (χ2v) is 16.2. The number of allylic oxidation sites excluding steroid dienone is 1. The fourth-order valence-electron chi connectivity index (χ4n) is 8.84. The van der Waals surface area contributed by atoms with E-state index in [0.29, 0.717) is 0 Å². The van der Waals surface area contributed by atoms with E-state index in [4.69, 9.17) is 0 Å². The third-order valence-electron chi connectivity index (χ3n) is 11.2. The Balaban J connectivity index is 1.05. The molecule has 0 radical (unpaired) electrons. The molecule has 0 bridgehead atoms. The highest BCUT2D eigenvalue weighted by atomic mass is 32.1. The van der Waals surface area contributed by atoms with Gasteiger partial charge in [0.1, 0.15) is 0 Å². The van der Waals surface area contributed by atoms with Gasteiger partial charge in [0.2, 0.25) is 0 Å². The van der Waals surface area contributed by atoms with Crippen LogP contribution in [0.2, 0.25) is 0 Å².